The summed E-state index contributed by atoms with van der Waals surface area (Å²) in [5.74, 6) is 0.243. The number of anilines is 1. The number of alkyl halides is 1. The minimum absolute atomic E-state index is 0.0864. The van der Waals surface area contributed by atoms with E-state index in [9.17, 15) is 14.5 Å². The van der Waals surface area contributed by atoms with Crippen molar-refractivity contribution in [1.29, 1.82) is 0 Å². The zero-order valence-electron chi connectivity index (χ0n) is 15.4. The SMILES string of the molecule is CC(F)Oc1cc([N+](=O)[O-])ccc1N1CCC(N2CCN(C)CC2)CC1. The van der Waals surface area contributed by atoms with Gasteiger partial charge in [-0.3, -0.25) is 15.0 Å². The number of hydrogen-bond acceptors (Lipinski definition) is 6. The first-order valence-electron chi connectivity index (χ1n) is 9.21. The van der Waals surface area contributed by atoms with Gasteiger partial charge in [0.05, 0.1) is 16.7 Å². The Bertz CT molecular complexity index is 627. The topological polar surface area (TPSA) is 62.1 Å². The summed E-state index contributed by atoms with van der Waals surface area (Å²) in [6.45, 7) is 7.38. The van der Waals surface area contributed by atoms with Crippen LogP contribution >= 0.6 is 0 Å². The van der Waals surface area contributed by atoms with Gasteiger partial charge in [-0.2, -0.15) is 0 Å². The number of rotatable bonds is 5. The lowest BCUT2D eigenvalue weighted by molar-refractivity contribution is -0.384. The highest BCUT2D eigenvalue weighted by Gasteiger charge is 2.28. The third-order valence-electron chi connectivity index (χ3n) is 5.30. The van der Waals surface area contributed by atoms with Crippen LogP contribution in [0.2, 0.25) is 0 Å². The van der Waals surface area contributed by atoms with Crippen molar-refractivity contribution in [2.45, 2.75) is 32.2 Å². The molecule has 2 aliphatic rings. The average Bonchev–Trinajstić information content (AvgIpc) is 2.62. The van der Waals surface area contributed by atoms with E-state index in [-0.39, 0.29) is 11.4 Å². The van der Waals surface area contributed by atoms with Crippen LogP contribution in [0.5, 0.6) is 5.75 Å². The lowest BCUT2D eigenvalue weighted by Gasteiger charge is -2.42. The molecule has 0 aromatic heterocycles. The molecule has 0 aliphatic carbocycles. The fourth-order valence-electron chi connectivity index (χ4n) is 3.81. The van der Waals surface area contributed by atoms with Crippen molar-refractivity contribution in [2.75, 3.05) is 51.2 Å². The van der Waals surface area contributed by atoms with Crippen molar-refractivity contribution >= 4 is 11.4 Å². The molecule has 3 rings (SSSR count). The van der Waals surface area contributed by atoms with Crippen molar-refractivity contribution in [3.8, 4) is 5.75 Å². The van der Waals surface area contributed by atoms with E-state index in [4.69, 9.17) is 4.74 Å². The first-order valence-corrected chi connectivity index (χ1v) is 9.21. The number of nitro benzene ring substituents is 1. The van der Waals surface area contributed by atoms with Crippen LogP contribution < -0.4 is 9.64 Å². The summed E-state index contributed by atoms with van der Waals surface area (Å²) in [4.78, 5) is 17.6. The van der Waals surface area contributed by atoms with E-state index < -0.39 is 11.3 Å². The van der Waals surface area contributed by atoms with Crippen molar-refractivity contribution in [1.82, 2.24) is 9.80 Å². The van der Waals surface area contributed by atoms with Gasteiger partial charge in [-0.25, -0.2) is 4.39 Å². The summed E-state index contributed by atoms with van der Waals surface area (Å²) < 4.78 is 18.6. The number of non-ortho nitro benzene ring substituents is 1. The van der Waals surface area contributed by atoms with Crippen LogP contribution in [-0.4, -0.2) is 73.4 Å². The van der Waals surface area contributed by atoms with E-state index in [1.807, 2.05) is 0 Å². The maximum atomic E-state index is 13.4. The maximum Gasteiger partial charge on any atom is 0.273 e. The largest absolute Gasteiger partial charge is 0.458 e. The molecule has 2 saturated heterocycles. The van der Waals surface area contributed by atoms with Gasteiger partial charge in [-0.1, -0.05) is 0 Å². The normalized spacial score (nSPS) is 21.6. The molecule has 26 heavy (non-hydrogen) atoms. The zero-order valence-corrected chi connectivity index (χ0v) is 15.4. The Morgan fingerprint density at radius 3 is 2.42 bits per heavy atom. The molecule has 0 N–H and O–H groups in total. The van der Waals surface area contributed by atoms with Crippen LogP contribution in [0.1, 0.15) is 19.8 Å². The van der Waals surface area contributed by atoms with Crippen molar-refractivity contribution in [2.24, 2.45) is 0 Å². The number of likely N-dealkylation sites (N-methyl/N-ethyl adjacent to an activating group) is 1. The summed E-state index contributed by atoms with van der Waals surface area (Å²) >= 11 is 0. The van der Waals surface area contributed by atoms with Gasteiger partial charge in [0, 0.05) is 58.3 Å². The minimum Gasteiger partial charge on any atom is -0.458 e. The summed E-state index contributed by atoms with van der Waals surface area (Å²) in [6, 6.07) is 5.02. The molecule has 0 radical (unpaired) electrons. The van der Waals surface area contributed by atoms with E-state index in [0.29, 0.717) is 6.04 Å². The number of benzene rings is 1. The Labute approximate surface area is 153 Å². The predicted molar refractivity (Wildman–Crippen MR) is 98.6 cm³/mol. The second-order valence-corrected chi connectivity index (χ2v) is 7.13. The number of piperidine rings is 1. The Hall–Kier alpha value is -1.93. The molecule has 0 saturated carbocycles. The highest BCUT2D eigenvalue weighted by atomic mass is 19.1. The average molecular weight is 366 g/mol. The van der Waals surface area contributed by atoms with Crippen molar-refractivity contribution < 1.29 is 14.1 Å². The molecule has 144 valence electrons. The van der Waals surface area contributed by atoms with E-state index in [0.717, 1.165) is 57.8 Å². The lowest BCUT2D eigenvalue weighted by atomic mass is 10.0. The number of piperazine rings is 1. The van der Waals surface area contributed by atoms with Gasteiger partial charge in [0.2, 0.25) is 6.36 Å². The number of nitro groups is 1. The number of nitrogens with zero attached hydrogens (tertiary/aromatic N) is 4. The quantitative estimate of drug-likeness (QED) is 0.589. The summed E-state index contributed by atoms with van der Waals surface area (Å²) in [5.41, 5.74) is 0.647. The van der Waals surface area contributed by atoms with Gasteiger partial charge in [0.15, 0.2) is 5.75 Å². The Balaban J connectivity index is 1.67. The van der Waals surface area contributed by atoms with E-state index in [2.05, 4.69) is 21.7 Å². The number of ether oxygens (including phenoxy) is 1. The summed E-state index contributed by atoms with van der Waals surface area (Å²) in [5, 5.41) is 11.0. The number of hydrogen-bond donors (Lipinski definition) is 0. The highest BCUT2D eigenvalue weighted by molar-refractivity contribution is 5.62. The molecule has 0 amide bonds. The molecular formula is C18H27FN4O3. The smallest absolute Gasteiger partial charge is 0.273 e. The molecule has 2 aliphatic heterocycles. The Morgan fingerprint density at radius 2 is 1.85 bits per heavy atom. The third-order valence-corrected chi connectivity index (χ3v) is 5.30. The molecule has 1 atom stereocenters. The highest BCUT2D eigenvalue weighted by Crippen LogP contribution is 2.35. The first kappa shape index (κ1) is 18.8. The molecule has 1 unspecified atom stereocenters. The third kappa shape index (κ3) is 4.42. The lowest BCUT2D eigenvalue weighted by Crippen LogP contribution is -2.52. The molecule has 0 spiro atoms. The standard InChI is InChI=1S/C18H27FN4O3/c1-14(19)26-18-13-16(23(24)25)3-4-17(18)22-7-5-15(6-8-22)21-11-9-20(2)10-12-21/h3-4,13-15H,5-12H2,1-2H3. The van der Waals surface area contributed by atoms with Crippen LogP contribution in [0.25, 0.3) is 0 Å². The van der Waals surface area contributed by atoms with E-state index >= 15 is 0 Å². The van der Waals surface area contributed by atoms with E-state index in [1.165, 1.54) is 19.1 Å². The molecule has 2 heterocycles. The second-order valence-electron chi connectivity index (χ2n) is 7.13. The van der Waals surface area contributed by atoms with Gasteiger partial charge < -0.3 is 14.5 Å². The summed E-state index contributed by atoms with van der Waals surface area (Å²) in [7, 11) is 2.15. The van der Waals surface area contributed by atoms with Gasteiger partial charge in [-0.15, -0.1) is 0 Å². The molecular weight excluding hydrogens is 339 g/mol. The van der Waals surface area contributed by atoms with Crippen LogP contribution in [-0.2, 0) is 0 Å². The molecule has 2 fully saturated rings. The van der Waals surface area contributed by atoms with Crippen LogP contribution in [0.15, 0.2) is 18.2 Å². The van der Waals surface area contributed by atoms with Crippen LogP contribution in [0.4, 0.5) is 15.8 Å². The molecule has 7 nitrogen and oxygen atoms in total. The van der Waals surface area contributed by atoms with Crippen molar-refractivity contribution in [3.05, 3.63) is 28.3 Å². The van der Waals surface area contributed by atoms with Crippen LogP contribution in [0.3, 0.4) is 0 Å². The first-order chi connectivity index (χ1) is 12.4. The summed E-state index contributed by atoms with van der Waals surface area (Å²) in [6.07, 6.45) is 0.551. The molecule has 1 aromatic rings. The number of halogens is 1. The minimum atomic E-state index is -1.52. The zero-order chi connectivity index (χ0) is 18.7. The fourth-order valence-corrected chi connectivity index (χ4v) is 3.81. The van der Waals surface area contributed by atoms with Gasteiger partial charge in [0.1, 0.15) is 0 Å². The van der Waals surface area contributed by atoms with Gasteiger partial charge in [-0.05, 0) is 26.0 Å². The Kier molecular flexibility index (Phi) is 5.93. The maximum absolute atomic E-state index is 13.4. The molecule has 1 aromatic carbocycles. The van der Waals surface area contributed by atoms with Gasteiger partial charge in [0.25, 0.3) is 5.69 Å². The van der Waals surface area contributed by atoms with Crippen molar-refractivity contribution in [3.63, 3.8) is 0 Å². The molecule has 8 heteroatoms. The second kappa shape index (κ2) is 8.18. The predicted octanol–water partition coefficient (Wildman–Crippen LogP) is 2.51. The van der Waals surface area contributed by atoms with Crippen LogP contribution in [0, 0.1) is 10.1 Å². The Morgan fingerprint density at radius 1 is 1.19 bits per heavy atom. The fraction of sp³-hybridized carbons (Fsp3) is 0.667. The van der Waals surface area contributed by atoms with Gasteiger partial charge >= 0.3 is 0 Å². The molecule has 0 bridgehead atoms. The monoisotopic (exact) mass is 366 g/mol. The van der Waals surface area contributed by atoms with E-state index in [1.54, 1.807) is 6.07 Å².